The van der Waals surface area contributed by atoms with Gasteiger partial charge in [0.1, 0.15) is 0 Å². The van der Waals surface area contributed by atoms with Crippen LogP contribution in [0.15, 0.2) is 36.5 Å². The van der Waals surface area contributed by atoms with Gasteiger partial charge in [0.2, 0.25) is 0 Å². The Balaban J connectivity index is 1.09. The summed E-state index contributed by atoms with van der Waals surface area (Å²) >= 11 is 1.57. The van der Waals surface area contributed by atoms with Crippen LogP contribution in [-0.2, 0) is 13.0 Å². The van der Waals surface area contributed by atoms with Crippen molar-refractivity contribution in [3.8, 4) is 0 Å². The molecule has 1 amide bonds. The van der Waals surface area contributed by atoms with E-state index in [1.807, 2.05) is 30.3 Å². The number of hydrogen-bond donors (Lipinski definition) is 1. The third-order valence-corrected chi connectivity index (χ3v) is 8.29. The van der Waals surface area contributed by atoms with Gasteiger partial charge < -0.3 is 5.32 Å². The highest BCUT2D eigenvalue weighted by Crippen LogP contribution is 2.30. The molecule has 0 bridgehead atoms. The van der Waals surface area contributed by atoms with Crippen LogP contribution in [-0.4, -0.2) is 45.7 Å². The van der Waals surface area contributed by atoms with Crippen LogP contribution in [0.5, 0.6) is 0 Å². The molecular weight excluding hydrogens is 432 g/mol. The van der Waals surface area contributed by atoms with Crippen LogP contribution in [0, 0.1) is 5.92 Å². The average molecular weight is 463 g/mol. The lowest BCUT2D eigenvalue weighted by atomic mass is 9.84. The summed E-state index contributed by atoms with van der Waals surface area (Å²) in [6, 6.07) is 9.82. The minimum absolute atomic E-state index is 0.00867. The first-order chi connectivity index (χ1) is 16.1. The fourth-order valence-corrected chi connectivity index (χ4v) is 6.07. The van der Waals surface area contributed by atoms with Gasteiger partial charge in [-0.2, -0.15) is 0 Å². The number of carbonyl (C=O) groups excluding carboxylic acids is 2. The molecule has 1 aliphatic heterocycles. The normalized spacial score (nSPS) is 21.0. The summed E-state index contributed by atoms with van der Waals surface area (Å²) in [5, 5.41) is 4.83. The summed E-state index contributed by atoms with van der Waals surface area (Å²) in [5.41, 5.74) is 2.67. The minimum atomic E-state index is 0.00867. The summed E-state index contributed by atoms with van der Waals surface area (Å²) in [6.45, 7) is 4.60. The standard InChI is InChI=1S/C26H30N4O2S/c1-17(31)26-29-23-16-30(15-12-24(23)33-26)14-11-18-7-9-19(10-8-18)28-25(32)21-4-2-6-22-20(21)5-3-13-27-22/h2-6,13,18-19H,7-12,14-16H2,1H3,(H,28,32)/t18-,19-. The van der Waals surface area contributed by atoms with E-state index in [1.165, 1.54) is 11.3 Å². The van der Waals surface area contributed by atoms with E-state index in [4.69, 9.17) is 0 Å². The number of carbonyl (C=O) groups is 2. The summed E-state index contributed by atoms with van der Waals surface area (Å²) in [7, 11) is 0. The van der Waals surface area contributed by atoms with Gasteiger partial charge in [0.05, 0.1) is 11.2 Å². The first-order valence-electron chi connectivity index (χ1n) is 11.9. The molecule has 1 aromatic carbocycles. The van der Waals surface area contributed by atoms with Crippen LogP contribution in [0.3, 0.4) is 0 Å². The number of aromatic nitrogens is 2. The Morgan fingerprint density at radius 1 is 1.15 bits per heavy atom. The van der Waals surface area contributed by atoms with E-state index in [9.17, 15) is 9.59 Å². The third-order valence-electron chi connectivity index (χ3n) is 7.03. The number of Topliss-reactive ketones (excluding diaryl/α,β-unsaturated/α-hetero) is 1. The Bertz CT molecular complexity index is 1160. The number of nitrogens with one attached hydrogen (secondary N) is 1. The molecule has 5 rings (SSSR count). The molecular formula is C26H30N4O2S. The quantitative estimate of drug-likeness (QED) is 0.541. The second-order valence-electron chi connectivity index (χ2n) is 9.33. The predicted octanol–water partition coefficient (Wildman–Crippen LogP) is 4.63. The van der Waals surface area contributed by atoms with Gasteiger partial charge in [0, 0.05) is 48.1 Å². The topological polar surface area (TPSA) is 75.2 Å². The number of rotatable bonds is 6. The molecule has 1 aliphatic carbocycles. The molecule has 3 heterocycles. The molecule has 6 nitrogen and oxygen atoms in total. The van der Waals surface area contributed by atoms with E-state index >= 15 is 0 Å². The minimum Gasteiger partial charge on any atom is -0.349 e. The lowest BCUT2D eigenvalue weighted by molar-refractivity contribution is 0.0920. The number of benzene rings is 1. The van der Waals surface area contributed by atoms with E-state index in [0.717, 1.165) is 68.3 Å². The first-order valence-corrected chi connectivity index (χ1v) is 12.7. The highest BCUT2D eigenvalue weighted by atomic mass is 32.1. The maximum atomic E-state index is 12.9. The molecule has 1 saturated carbocycles. The second kappa shape index (κ2) is 9.69. The highest BCUT2D eigenvalue weighted by Gasteiger charge is 2.26. The number of pyridine rings is 1. The number of hydrogen-bond acceptors (Lipinski definition) is 6. The lowest BCUT2D eigenvalue weighted by Crippen LogP contribution is -2.38. The van der Waals surface area contributed by atoms with Gasteiger partial charge >= 0.3 is 0 Å². The van der Waals surface area contributed by atoms with Crippen molar-refractivity contribution in [1.82, 2.24) is 20.2 Å². The van der Waals surface area contributed by atoms with Gasteiger partial charge in [-0.1, -0.05) is 12.1 Å². The monoisotopic (exact) mass is 462 g/mol. The zero-order valence-electron chi connectivity index (χ0n) is 19.0. The number of thiazole rings is 1. The number of ketones is 1. The summed E-state index contributed by atoms with van der Waals surface area (Å²) in [4.78, 5) is 37.2. The second-order valence-corrected chi connectivity index (χ2v) is 10.4. The molecule has 1 N–H and O–H groups in total. The maximum Gasteiger partial charge on any atom is 0.252 e. The van der Waals surface area contributed by atoms with Crippen LogP contribution in [0.4, 0.5) is 0 Å². The lowest BCUT2D eigenvalue weighted by Gasteiger charge is -2.32. The first kappa shape index (κ1) is 22.2. The third kappa shape index (κ3) is 4.99. The van der Waals surface area contributed by atoms with Crippen molar-refractivity contribution in [2.75, 3.05) is 13.1 Å². The van der Waals surface area contributed by atoms with E-state index < -0.39 is 0 Å². The van der Waals surface area contributed by atoms with Crippen LogP contribution in [0.2, 0.25) is 0 Å². The molecule has 3 aromatic rings. The van der Waals surface area contributed by atoms with Crippen LogP contribution < -0.4 is 5.32 Å². The molecule has 0 unspecified atom stereocenters. The van der Waals surface area contributed by atoms with E-state index in [2.05, 4.69) is 20.2 Å². The van der Waals surface area contributed by atoms with Crippen molar-refractivity contribution in [2.45, 2.75) is 58.0 Å². The van der Waals surface area contributed by atoms with Gasteiger partial charge in [-0.15, -0.1) is 11.3 Å². The molecule has 0 saturated heterocycles. The van der Waals surface area contributed by atoms with Crippen molar-refractivity contribution in [2.24, 2.45) is 5.92 Å². The van der Waals surface area contributed by atoms with Crippen LogP contribution in [0.25, 0.3) is 10.9 Å². The Hall–Kier alpha value is -2.64. The van der Waals surface area contributed by atoms with E-state index in [1.54, 1.807) is 24.5 Å². The molecule has 0 atom stereocenters. The zero-order chi connectivity index (χ0) is 22.8. The molecule has 1 fully saturated rings. The number of fused-ring (bicyclic) bond motifs is 2. The van der Waals surface area contributed by atoms with Crippen LogP contribution >= 0.6 is 11.3 Å². The Labute approximate surface area is 198 Å². The summed E-state index contributed by atoms with van der Waals surface area (Å²) < 4.78 is 0. The van der Waals surface area contributed by atoms with Crippen molar-refractivity contribution >= 4 is 33.9 Å². The number of nitrogens with zero attached hydrogens (tertiary/aromatic N) is 3. The van der Waals surface area contributed by atoms with Crippen LogP contribution in [0.1, 0.15) is 69.8 Å². The van der Waals surface area contributed by atoms with Crippen molar-refractivity contribution in [3.05, 3.63) is 57.7 Å². The van der Waals surface area contributed by atoms with Crippen molar-refractivity contribution < 1.29 is 9.59 Å². The summed E-state index contributed by atoms with van der Waals surface area (Å²) in [5.74, 6) is 0.792. The largest absolute Gasteiger partial charge is 0.349 e. The summed E-state index contributed by atoms with van der Waals surface area (Å²) in [6.07, 6.45) is 8.35. The van der Waals surface area contributed by atoms with Gasteiger partial charge in [-0.05, 0) is 69.2 Å². The molecule has 0 spiro atoms. The Morgan fingerprint density at radius 2 is 2.00 bits per heavy atom. The molecule has 7 heteroatoms. The van der Waals surface area contributed by atoms with Gasteiger partial charge in [-0.25, -0.2) is 4.98 Å². The fraction of sp³-hybridized carbons (Fsp3) is 0.462. The molecule has 33 heavy (non-hydrogen) atoms. The van der Waals surface area contributed by atoms with Gasteiger partial charge in [-0.3, -0.25) is 19.5 Å². The Morgan fingerprint density at radius 3 is 2.82 bits per heavy atom. The maximum absolute atomic E-state index is 12.9. The Kier molecular flexibility index (Phi) is 6.51. The fourth-order valence-electron chi connectivity index (χ4n) is 5.12. The molecule has 2 aliphatic rings. The van der Waals surface area contributed by atoms with Crippen molar-refractivity contribution in [1.29, 1.82) is 0 Å². The van der Waals surface area contributed by atoms with Gasteiger partial charge in [0.15, 0.2) is 10.8 Å². The van der Waals surface area contributed by atoms with E-state index in [-0.39, 0.29) is 17.7 Å². The highest BCUT2D eigenvalue weighted by molar-refractivity contribution is 7.13. The smallest absolute Gasteiger partial charge is 0.252 e. The molecule has 2 aromatic heterocycles. The SMILES string of the molecule is CC(=O)c1nc2c(s1)CCN(CC[C@H]1CC[C@H](NC(=O)c3cccc4ncccc34)CC1)C2. The molecule has 172 valence electrons. The number of amides is 1. The van der Waals surface area contributed by atoms with E-state index in [0.29, 0.717) is 16.5 Å². The predicted molar refractivity (Wildman–Crippen MR) is 131 cm³/mol. The molecule has 0 radical (unpaired) electrons. The van der Waals surface area contributed by atoms with Crippen molar-refractivity contribution in [3.63, 3.8) is 0 Å². The van der Waals surface area contributed by atoms with Gasteiger partial charge in [0.25, 0.3) is 5.91 Å². The average Bonchev–Trinajstić information content (AvgIpc) is 3.27. The zero-order valence-corrected chi connectivity index (χ0v) is 19.9.